The minimum absolute atomic E-state index is 0.0476. The summed E-state index contributed by atoms with van der Waals surface area (Å²) < 4.78 is 20.8. The predicted molar refractivity (Wildman–Crippen MR) is 102 cm³/mol. The minimum atomic E-state index is -1.19. The molecule has 1 unspecified atom stereocenters. The van der Waals surface area contributed by atoms with Crippen molar-refractivity contribution in [3.63, 3.8) is 0 Å². The van der Waals surface area contributed by atoms with Gasteiger partial charge in [-0.3, -0.25) is 0 Å². The molecule has 0 radical (unpaired) electrons. The van der Waals surface area contributed by atoms with Gasteiger partial charge in [-0.1, -0.05) is 6.07 Å². The van der Waals surface area contributed by atoms with Crippen LogP contribution in [0.15, 0.2) is 48.5 Å². The van der Waals surface area contributed by atoms with E-state index in [9.17, 15) is 14.7 Å². The van der Waals surface area contributed by atoms with Gasteiger partial charge in [0.1, 0.15) is 12.0 Å². The number of esters is 1. The van der Waals surface area contributed by atoms with E-state index < -0.39 is 12.3 Å². The number of benzene rings is 2. The van der Waals surface area contributed by atoms with E-state index in [0.717, 1.165) is 0 Å². The number of ether oxygens (including phenoxy) is 4. The first kappa shape index (κ1) is 21.0. The lowest BCUT2D eigenvalue weighted by atomic mass is 10.1. The van der Waals surface area contributed by atoms with Crippen molar-refractivity contribution in [2.24, 2.45) is 0 Å². The highest BCUT2D eigenvalue weighted by atomic mass is 16.6. The number of hydrogen-bond donors (Lipinski definition) is 1. The highest BCUT2D eigenvalue weighted by Gasteiger charge is 2.13. The minimum Gasteiger partial charge on any atom is -0.497 e. The molecule has 7 heteroatoms. The standard InChI is InChI=1S/C21H22O7/c1-25-17-8-6-16(7-9-17)21(24)28-18-10-4-15(14-19(18)26-2)5-11-20(23)27-13-3-12-22/h4-12,14,21,24H,3,13H2,1-2H3/b11-5+. The summed E-state index contributed by atoms with van der Waals surface area (Å²) in [4.78, 5) is 21.7. The fourth-order valence-corrected chi connectivity index (χ4v) is 2.26. The average Bonchev–Trinajstić information content (AvgIpc) is 2.73. The van der Waals surface area contributed by atoms with Gasteiger partial charge >= 0.3 is 5.97 Å². The quantitative estimate of drug-likeness (QED) is 0.221. The molecular weight excluding hydrogens is 364 g/mol. The molecule has 0 saturated heterocycles. The molecule has 0 aliphatic heterocycles. The van der Waals surface area contributed by atoms with Crippen molar-refractivity contribution in [3.05, 3.63) is 59.7 Å². The summed E-state index contributed by atoms with van der Waals surface area (Å²) in [5.41, 5.74) is 1.24. The molecular formula is C21H22O7. The molecule has 2 aromatic rings. The van der Waals surface area contributed by atoms with Crippen LogP contribution in [-0.4, -0.2) is 38.2 Å². The normalized spacial score (nSPS) is 11.7. The first-order valence-corrected chi connectivity index (χ1v) is 8.52. The van der Waals surface area contributed by atoms with Gasteiger partial charge in [-0.2, -0.15) is 0 Å². The van der Waals surface area contributed by atoms with Gasteiger partial charge in [0.15, 0.2) is 11.5 Å². The number of aliphatic hydroxyl groups is 1. The number of rotatable bonds is 10. The van der Waals surface area contributed by atoms with Crippen LogP contribution in [0.1, 0.15) is 23.8 Å². The maximum Gasteiger partial charge on any atom is 0.330 e. The lowest BCUT2D eigenvalue weighted by Crippen LogP contribution is -2.07. The van der Waals surface area contributed by atoms with E-state index in [1.54, 1.807) is 55.7 Å². The average molecular weight is 386 g/mol. The second-order valence-electron chi connectivity index (χ2n) is 5.61. The van der Waals surface area contributed by atoms with Crippen LogP contribution in [0.2, 0.25) is 0 Å². The molecule has 0 bridgehead atoms. The molecule has 0 aromatic heterocycles. The molecule has 0 amide bonds. The summed E-state index contributed by atoms with van der Waals surface area (Å²) in [6, 6.07) is 11.8. The molecule has 7 nitrogen and oxygen atoms in total. The molecule has 1 atom stereocenters. The van der Waals surface area contributed by atoms with E-state index in [1.165, 1.54) is 13.2 Å². The molecule has 28 heavy (non-hydrogen) atoms. The van der Waals surface area contributed by atoms with Gasteiger partial charge in [0, 0.05) is 18.1 Å². The highest BCUT2D eigenvalue weighted by Crippen LogP contribution is 2.32. The molecule has 0 aliphatic rings. The van der Waals surface area contributed by atoms with Gasteiger partial charge < -0.3 is 28.8 Å². The van der Waals surface area contributed by atoms with Crippen LogP contribution in [0, 0.1) is 0 Å². The van der Waals surface area contributed by atoms with E-state index in [0.29, 0.717) is 34.7 Å². The van der Waals surface area contributed by atoms with Gasteiger partial charge in [0.05, 0.1) is 20.8 Å². The third-order valence-electron chi connectivity index (χ3n) is 3.72. The van der Waals surface area contributed by atoms with Gasteiger partial charge in [-0.15, -0.1) is 0 Å². The molecule has 2 rings (SSSR count). The molecule has 0 aliphatic carbocycles. The zero-order chi connectivity index (χ0) is 20.4. The Morgan fingerprint density at radius 1 is 1.07 bits per heavy atom. The number of carbonyl (C=O) groups is 2. The van der Waals surface area contributed by atoms with Crippen LogP contribution in [0.5, 0.6) is 17.2 Å². The predicted octanol–water partition coefficient (Wildman–Crippen LogP) is 2.92. The van der Waals surface area contributed by atoms with E-state index in [1.807, 2.05) is 0 Å². The van der Waals surface area contributed by atoms with E-state index in [2.05, 4.69) is 0 Å². The van der Waals surface area contributed by atoms with Gasteiger partial charge in [0.25, 0.3) is 0 Å². The number of aldehydes is 1. The van der Waals surface area contributed by atoms with Gasteiger partial charge in [0.2, 0.25) is 6.29 Å². The topological polar surface area (TPSA) is 91.3 Å². The zero-order valence-corrected chi connectivity index (χ0v) is 15.7. The van der Waals surface area contributed by atoms with E-state index >= 15 is 0 Å². The Kier molecular flexibility index (Phi) is 8.05. The number of hydrogen-bond acceptors (Lipinski definition) is 7. The Morgan fingerprint density at radius 2 is 1.82 bits per heavy atom. The summed E-state index contributed by atoms with van der Waals surface area (Å²) in [7, 11) is 3.04. The highest BCUT2D eigenvalue weighted by molar-refractivity contribution is 5.87. The van der Waals surface area contributed by atoms with Crippen molar-refractivity contribution >= 4 is 18.3 Å². The van der Waals surface area contributed by atoms with Crippen molar-refractivity contribution in [1.29, 1.82) is 0 Å². The monoisotopic (exact) mass is 386 g/mol. The number of methoxy groups -OCH3 is 2. The van der Waals surface area contributed by atoms with Crippen molar-refractivity contribution in [3.8, 4) is 17.2 Å². The van der Waals surface area contributed by atoms with Crippen molar-refractivity contribution in [1.82, 2.24) is 0 Å². The first-order chi connectivity index (χ1) is 13.6. The lowest BCUT2D eigenvalue weighted by Gasteiger charge is -2.16. The fraction of sp³-hybridized carbons (Fsp3) is 0.238. The lowest BCUT2D eigenvalue weighted by molar-refractivity contribution is -0.137. The second-order valence-corrected chi connectivity index (χ2v) is 5.61. The Balaban J connectivity index is 2.05. The third kappa shape index (κ3) is 6.14. The van der Waals surface area contributed by atoms with Gasteiger partial charge in [-0.25, -0.2) is 4.79 Å². The van der Waals surface area contributed by atoms with E-state index in [-0.39, 0.29) is 13.0 Å². The van der Waals surface area contributed by atoms with Crippen LogP contribution in [-0.2, 0) is 14.3 Å². The number of carbonyl (C=O) groups excluding carboxylic acids is 2. The smallest absolute Gasteiger partial charge is 0.330 e. The Labute approximate surface area is 163 Å². The number of aliphatic hydroxyl groups excluding tert-OH is 1. The Morgan fingerprint density at radius 3 is 2.46 bits per heavy atom. The summed E-state index contributed by atoms with van der Waals surface area (Å²) in [6.07, 6.45) is 2.47. The van der Waals surface area contributed by atoms with Crippen LogP contribution in [0.4, 0.5) is 0 Å². The van der Waals surface area contributed by atoms with Crippen LogP contribution >= 0.6 is 0 Å². The molecule has 1 N–H and O–H groups in total. The second kappa shape index (κ2) is 10.7. The molecule has 0 saturated carbocycles. The molecule has 148 valence electrons. The van der Waals surface area contributed by atoms with Crippen LogP contribution in [0.3, 0.4) is 0 Å². The Bertz CT molecular complexity index is 812. The summed E-state index contributed by atoms with van der Waals surface area (Å²) >= 11 is 0. The van der Waals surface area contributed by atoms with E-state index in [4.69, 9.17) is 18.9 Å². The summed E-state index contributed by atoms with van der Waals surface area (Å²) in [5, 5.41) is 10.3. The van der Waals surface area contributed by atoms with Crippen LogP contribution in [0.25, 0.3) is 6.08 Å². The molecule has 0 heterocycles. The molecule has 0 spiro atoms. The Hall–Kier alpha value is -3.32. The van der Waals surface area contributed by atoms with Crippen molar-refractivity contribution < 1.29 is 33.6 Å². The first-order valence-electron chi connectivity index (χ1n) is 8.52. The maximum absolute atomic E-state index is 11.5. The SMILES string of the molecule is COc1ccc(C(O)Oc2ccc(/C=C/C(=O)OCCC=O)cc2OC)cc1. The van der Waals surface area contributed by atoms with Crippen molar-refractivity contribution in [2.75, 3.05) is 20.8 Å². The largest absolute Gasteiger partial charge is 0.497 e. The van der Waals surface area contributed by atoms with Crippen molar-refractivity contribution in [2.45, 2.75) is 12.7 Å². The summed E-state index contributed by atoms with van der Waals surface area (Å²) in [5.74, 6) is 0.867. The van der Waals surface area contributed by atoms with Gasteiger partial charge in [-0.05, 0) is 48.0 Å². The zero-order valence-electron chi connectivity index (χ0n) is 15.7. The fourth-order valence-electron chi connectivity index (χ4n) is 2.26. The maximum atomic E-state index is 11.5. The third-order valence-corrected chi connectivity index (χ3v) is 3.72. The summed E-state index contributed by atoms with van der Waals surface area (Å²) in [6.45, 7) is 0.0476. The molecule has 2 aromatic carbocycles. The molecule has 0 fully saturated rings. The van der Waals surface area contributed by atoms with Crippen LogP contribution < -0.4 is 14.2 Å².